The summed E-state index contributed by atoms with van der Waals surface area (Å²) in [6.45, 7) is 11.9. The van der Waals surface area contributed by atoms with Crippen LogP contribution >= 0.6 is 0 Å². The molecule has 2 saturated heterocycles. The number of hydrogen-bond acceptors (Lipinski definition) is 5. The molecular weight excluding hydrogens is 350 g/mol. The maximum Gasteiger partial charge on any atom is 0.119 e. The van der Waals surface area contributed by atoms with Gasteiger partial charge in [-0.15, -0.1) is 0 Å². The van der Waals surface area contributed by atoms with Crippen molar-refractivity contribution in [1.29, 1.82) is 0 Å². The minimum atomic E-state index is 0.670. The van der Waals surface area contributed by atoms with Crippen LogP contribution in [0.5, 0.6) is 5.75 Å². The summed E-state index contributed by atoms with van der Waals surface area (Å²) in [4.78, 5) is 7.76. The zero-order chi connectivity index (χ0) is 19.5. The summed E-state index contributed by atoms with van der Waals surface area (Å²) < 4.78 is 11.2. The molecular formula is C23H33N3O2. The van der Waals surface area contributed by atoms with Gasteiger partial charge in [0.05, 0.1) is 13.7 Å². The van der Waals surface area contributed by atoms with Crippen LogP contribution in [0.1, 0.15) is 29.9 Å². The highest BCUT2D eigenvalue weighted by atomic mass is 16.5. The number of anilines is 1. The number of hydrogen-bond donors (Lipinski definition) is 0. The third kappa shape index (κ3) is 4.36. The maximum absolute atomic E-state index is 5.91. The average molecular weight is 384 g/mol. The van der Waals surface area contributed by atoms with E-state index in [0.717, 1.165) is 56.5 Å². The van der Waals surface area contributed by atoms with E-state index in [4.69, 9.17) is 9.15 Å². The fourth-order valence-electron chi connectivity index (χ4n) is 4.56. The SMILES string of the molecule is COc1ccc(N2CCN([C@@H]3CCCN(Cc4cc(C)c(C)o4)C3)CC2)cc1. The molecule has 2 fully saturated rings. The third-order valence-electron chi connectivity index (χ3n) is 6.35. The van der Waals surface area contributed by atoms with Crippen LogP contribution in [0.25, 0.3) is 0 Å². The second kappa shape index (κ2) is 8.58. The number of nitrogens with zero attached hydrogens (tertiary/aromatic N) is 3. The Hall–Kier alpha value is -1.98. The van der Waals surface area contributed by atoms with Gasteiger partial charge in [0.15, 0.2) is 0 Å². The van der Waals surface area contributed by atoms with Crippen molar-refractivity contribution >= 4 is 5.69 Å². The van der Waals surface area contributed by atoms with Gasteiger partial charge in [0.2, 0.25) is 0 Å². The first-order valence-electron chi connectivity index (χ1n) is 10.5. The van der Waals surface area contributed by atoms with E-state index in [-0.39, 0.29) is 0 Å². The topological polar surface area (TPSA) is 32.1 Å². The van der Waals surface area contributed by atoms with Gasteiger partial charge in [0.25, 0.3) is 0 Å². The summed E-state index contributed by atoms with van der Waals surface area (Å²) in [6, 6.07) is 11.3. The number of rotatable bonds is 5. The lowest BCUT2D eigenvalue weighted by Crippen LogP contribution is -2.55. The average Bonchev–Trinajstić information content (AvgIpc) is 3.05. The minimum absolute atomic E-state index is 0.670. The van der Waals surface area contributed by atoms with Crippen molar-refractivity contribution < 1.29 is 9.15 Å². The normalized spacial score (nSPS) is 21.8. The van der Waals surface area contributed by atoms with E-state index in [2.05, 4.69) is 58.9 Å². The van der Waals surface area contributed by atoms with Crippen molar-refractivity contribution in [3.05, 3.63) is 47.4 Å². The van der Waals surface area contributed by atoms with Gasteiger partial charge in [-0.25, -0.2) is 0 Å². The zero-order valence-electron chi connectivity index (χ0n) is 17.5. The highest BCUT2D eigenvalue weighted by Gasteiger charge is 2.28. The quantitative estimate of drug-likeness (QED) is 0.786. The van der Waals surface area contributed by atoms with Crippen molar-refractivity contribution in [1.82, 2.24) is 9.80 Å². The van der Waals surface area contributed by atoms with Crippen LogP contribution in [-0.4, -0.2) is 62.2 Å². The molecule has 1 atom stereocenters. The van der Waals surface area contributed by atoms with Gasteiger partial charge in [-0.1, -0.05) is 0 Å². The predicted octanol–water partition coefficient (Wildman–Crippen LogP) is 3.69. The molecule has 0 amide bonds. The lowest BCUT2D eigenvalue weighted by atomic mass is 10.0. The Kier molecular flexibility index (Phi) is 5.93. The number of piperazine rings is 1. The van der Waals surface area contributed by atoms with Crippen LogP contribution in [-0.2, 0) is 6.54 Å². The van der Waals surface area contributed by atoms with Crippen molar-refractivity contribution in [3.8, 4) is 5.75 Å². The monoisotopic (exact) mass is 383 g/mol. The van der Waals surface area contributed by atoms with E-state index >= 15 is 0 Å². The smallest absolute Gasteiger partial charge is 0.119 e. The van der Waals surface area contributed by atoms with Crippen LogP contribution in [0, 0.1) is 13.8 Å². The Morgan fingerprint density at radius 2 is 1.79 bits per heavy atom. The Morgan fingerprint density at radius 3 is 2.43 bits per heavy atom. The number of likely N-dealkylation sites (tertiary alicyclic amines) is 1. The lowest BCUT2D eigenvalue weighted by molar-refractivity contribution is 0.0848. The Morgan fingerprint density at radius 1 is 1.04 bits per heavy atom. The van der Waals surface area contributed by atoms with Crippen LogP contribution in [0.15, 0.2) is 34.7 Å². The second-order valence-corrected chi connectivity index (χ2v) is 8.20. The molecule has 2 aromatic rings. The molecule has 28 heavy (non-hydrogen) atoms. The number of piperidine rings is 1. The minimum Gasteiger partial charge on any atom is -0.497 e. The van der Waals surface area contributed by atoms with E-state index in [1.54, 1.807) is 7.11 Å². The van der Waals surface area contributed by atoms with Gasteiger partial charge in [-0.3, -0.25) is 9.80 Å². The van der Waals surface area contributed by atoms with Gasteiger partial charge >= 0.3 is 0 Å². The fraction of sp³-hybridized carbons (Fsp3) is 0.565. The number of ether oxygens (including phenoxy) is 1. The lowest BCUT2D eigenvalue weighted by Gasteiger charge is -2.43. The van der Waals surface area contributed by atoms with Gasteiger partial charge in [-0.2, -0.15) is 0 Å². The van der Waals surface area contributed by atoms with Crippen LogP contribution in [0.2, 0.25) is 0 Å². The van der Waals surface area contributed by atoms with Crippen LogP contribution in [0.3, 0.4) is 0 Å². The molecule has 0 bridgehead atoms. The summed E-state index contributed by atoms with van der Waals surface area (Å²) in [5.74, 6) is 3.09. The molecule has 0 unspecified atom stereocenters. The summed E-state index contributed by atoms with van der Waals surface area (Å²) in [5.41, 5.74) is 2.56. The molecule has 5 nitrogen and oxygen atoms in total. The molecule has 0 spiro atoms. The number of furan rings is 1. The maximum atomic E-state index is 5.91. The van der Waals surface area contributed by atoms with Crippen LogP contribution < -0.4 is 9.64 Å². The molecule has 0 aliphatic carbocycles. The molecule has 1 aromatic carbocycles. The van der Waals surface area contributed by atoms with E-state index in [1.807, 2.05) is 0 Å². The third-order valence-corrected chi connectivity index (χ3v) is 6.35. The van der Waals surface area contributed by atoms with Crippen molar-refractivity contribution in [2.75, 3.05) is 51.3 Å². The molecule has 2 aliphatic heterocycles. The molecule has 152 valence electrons. The number of benzene rings is 1. The van der Waals surface area contributed by atoms with Crippen molar-refractivity contribution in [2.45, 2.75) is 39.3 Å². The highest BCUT2D eigenvalue weighted by molar-refractivity contribution is 5.49. The molecule has 3 heterocycles. The van der Waals surface area contributed by atoms with Gasteiger partial charge in [0, 0.05) is 44.5 Å². The number of aryl methyl sites for hydroxylation is 2. The summed E-state index contributed by atoms with van der Waals surface area (Å²) >= 11 is 0. The molecule has 1 aromatic heterocycles. The van der Waals surface area contributed by atoms with Gasteiger partial charge < -0.3 is 14.1 Å². The molecule has 0 saturated carbocycles. The van der Waals surface area contributed by atoms with E-state index in [9.17, 15) is 0 Å². The van der Waals surface area contributed by atoms with Crippen molar-refractivity contribution in [3.63, 3.8) is 0 Å². The first kappa shape index (κ1) is 19.3. The van der Waals surface area contributed by atoms with E-state index in [0.29, 0.717) is 6.04 Å². The predicted molar refractivity (Wildman–Crippen MR) is 113 cm³/mol. The fourth-order valence-corrected chi connectivity index (χ4v) is 4.56. The molecule has 5 heteroatoms. The van der Waals surface area contributed by atoms with Gasteiger partial charge in [-0.05, 0) is 69.1 Å². The summed E-state index contributed by atoms with van der Waals surface area (Å²) in [6.07, 6.45) is 2.59. The largest absolute Gasteiger partial charge is 0.497 e. The van der Waals surface area contributed by atoms with Gasteiger partial charge in [0.1, 0.15) is 17.3 Å². The summed E-state index contributed by atoms with van der Waals surface area (Å²) in [7, 11) is 1.72. The zero-order valence-corrected chi connectivity index (χ0v) is 17.5. The molecule has 0 N–H and O–H groups in total. The highest BCUT2D eigenvalue weighted by Crippen LogP contribution is 2.24. The Labute approximate surface area is 168 Å². The molecule has 0 radical (unpaired) electrons. The summed E-state index contributed by atoms with van der Waals surface area (Å²) in [5, 5.41) is 0. The standard InChI is InChI=1S/C23H33N3O2/c1-18-15-23(28-19(18)2)17-24-10-4-5-21(16-24)26-13-11-25(12-14-26)20-6-8-22(27-3)9-7-20/h6-9,15,21H,4-5,10-14,16-17H2,1-3H3/t21-/m1/s1. The second-order valence-electron chi connectivity index (χ2n) is 8.20. The first-order valence-corrected chi connectivity index (χ1v) is 10.5. The van der Waals surface area contributed by atoms with Crippen LogP contribution in [0.4, 0.5) is 5.69 Å². The Bertz CT molecular complexity index is 743. The number of methoxy groups -OCH3 is 1. The van der Waals surface area contributed by atoms with E-state index in [1.165, 1.54) is 30.6 Å². The van der Waals surface area contributed by atoms with Crippen molar-refractivity contribution in [2.24, 2.45) is 0 Å². The Balaban J connectivity index is 1.30. The molecule has 4 rings (SSSR count). The van der Waals surface area contributed by atoms with E-state index < -0.39 is 0 Å². The molecule has 2 aliphatic rings. The first-order chi connectivity index (χ1) is 13.6.